The number of nitrogens with one attached hydrogen (secondary N) is 1. The molecule has 0 radical (unpaired) electrons. The van der Waals surface area contributed by atoms with Gasteiger partial charge in [0.15, 0.2) is 0 Å². The van der Waals surface area contributed by atoms with Gasteiger partial charge in [0.25, 0.3) is 0 Å². The van der Waals surface area contributed by atoms with Crippen LogP contribution in [0.15, 0.2) is 48.5 Å². The summed E-state index contributed by atoms with van der Waals surface area (Å²) in [7, 11) is 2.01. The molecule has 1 aliphatic heterocycles. The zero-order chi connectivity index (χ0) is 23.2. The molecular weight excluding hydrogens is 420 g/mol. The summed E-state index contributed by atoms with van der Waals surface area (Å²) in [5, 5.41) is 3.31. The van der Waals surface area contributed by atoms with Crippen LogP contribution < -0.4 is 5.32 Å². The second kappa shape index (κ2) is 11.2. The molecular formula is C27H35F2N3O. The van der Waals surface area contributed by atoms with Crippen molar-refractivity contribution >= 4 is 5.91 Å². The Balaban J connectivity index is 1.48. The van der Waals surface area contributed by atoms with Crippen molar-refractivity contribution in [3.63, 3.8) is 0 Å². The average Bonchev–Trinajstić information content (AvgIpc) is 2.82. The normalized spacial score (nSPS) is 21.6. The number of carbonyl (C=O) groups is 1. The molecule has 1 N–H and O–H groups in total. The van der Waals surface area contributed by atoms with E-state index in [1.54, 1.807) is 0 Å². The van der Waals surface area contributed by atoms with Crippen molar-refractivity contribution in [2.75, 3.05) is 20.1 Å². The lowest BCUT2D eigenvalue weighted by atomic mass is 9.78. The molecule has 0 bridgehead atoms. The van der Waals surface area contributed by atoms with Crippen molar-refractivity contribution in [2.45, 2.75) is 63.7 Å². The first-order valence-electron chi connectivity index (χ1n) is 12.2. The van der Waals surface area contributed by atoms with Crippen molar-refractivity contribution in [1.82, 2.24) is 15.1 Å². The molecule has 1 saturated heterocycles. The van der Waals surface area contributed by atoms with E-state index < -0.39 is 17.7 Å². The molecule has 3 atom stereocenters. The lowest BCUT2D eigenvalue weighted by Gasteiger charge is -2.45. The van der Waals surface area contributed by atoms with E-state index in [0.29, 0.717) is 24.1 Å². The molecule has 2 aromatic carbocycles. The zero-order valence-corrected chi connectivity index (χ0v) is 19.5. The number of rotatable bonds is 8. The Hall–Kier alpha value is -2.31. The molecule has 1 amide bonds. The smallest absolute Gasteiger partial charge is 0.241 e. The number of nitrogens with zero attached hydrogens (tertiary/aromatic N) is 2. The van der Waals surface area contributed by atoms with Crippen LogP contribution in [0.4, 0.5) is 8.78 Å². The SMILES string of the molecule is CN(Cc1ccccc1)C[C@@H](NCc1ccc(F)cc1F)C(=O)N1CCC[C@H]2CCCC[C@@H]21. The number of fused-ring (bicyclic) bond motifs is 1. The van der Waals surface area contributed by atoms with Crippen LogP contribution in [0.5, 0.6) is 0 Å². The Labute approximate surface area is 196 Å². The van der Waals surface area contributed by atoms with Crippen molar-refractivity contribution in [1.29, 1.82) is 0 Å². The molecule has 1 heterocycles. The van der Waals surface area contributed by atoms with Gasteiger partial charge in [-0.05, 0) is 50.3 Å². The number of amides is 1. The number of hydrogen-bond donors (Lipinski definition) is 1. The summed E-state index contributed by atoms with van der Waals surface area (Å²) in [6.07, 6.45) is 6.98. The van der Waals surface area contributed by atoms with Gasteiger partial charge >= 0.3 is 0 Å². The summed E-state index contributed by atoms with van der Waals surface area (Å²) in [6, 6.07) is 13.6. The molecule has 4 nitrogen and oxygen atoms in total. The zero-order valence-electron chi connectivity index (χ0n) is 19.5. The first kappa shape index (κ1) is 23.8. The molecule has 1 aliphatic carbocycles. The van der Waals surface area contributed by atoms with Gasteiger partial charge in [-0.25, -0.2) is 8.78 Å². The van der Waals surface area contributed by atoms with Crippen LogP contribution in [0.1, 0.15) is 49.7 Å². The number of hydrogen-bond acceptors (Lipinski definition) is 3. The molecule has 0 aromatic heterocycles. The van der Waals surface area contributed by atoms with Gasteiger partial charge < -0.3 is 15.1 Å². The standard InChI is InChI=1S/C27H35F2N3O/c1-31(18-20-8-3-2-4-9-20)19-25(30-17-22-13-14-23(28)16-24(22)29)27(33)32-15-7-11-21-10-5-6-12-26(21)32/h2-4,8-9,13-14,16,21,25-26,30H,5-7,10-12,15,17-19H2,1H3/t21-,25-,26+/m1/s1. The highest BCUT2D eigenvalue weighted by atomic mass is 19.1. The summed E-state index contributed by atoms with van der Waals surface area (Å²) in [6.45, 7) is 2.23. The number of likely N-dealkylation sites (tertiary alicyclic amines) is 1. The van der Waals surface area contributed by atoms with Crippen molar-refractivity contribution in [3.05, 3.63) is 71.3 Å². The minimum absolute atomic E-state index is 0.106. The van der Waals surface area contributed by atoms with E-state index in [1.807, 2.05) is 25.2 Å². The Bertz CT molecular complexity index is 921. The molecule has 4 rings (SSSR count). The number of carbonyl (C=O) groups excluding carboxylic acids is 1. The molecule has 178 valence electrons. The van der Waals surface area contributed by atoms with Gasteiger partial charge in [-0.3, -0.25) is 4.79 Å². The van der Waals surface area contributed by atoms with Crippen molar-refractivity contribution in [3.8, 4) is 0 Å². The Kier molecular flexibility index (Phi) is 8.10. The molecule has 6 heteroatoms. The van der Waals surface area contributed by atoms with Gasteiger partial charge in [0.1, 0.15) is 11.6 Å². The minimum Gasteiger partial charge on any atom is -0.338 e. The Morgan fingerprint density at radius 1 is 1.09 bits per heavy atom. The van der Waals surface area contributed by atoms with E-state index in [1.165, 1.54) is 43.4 Å². The molecule has 0 spiro atoms. The summed E-state index contributed by atoms with van der Waals surface area (Å²) >= 11 is 0. The van der Waals surface area contributed by atoms with Gasteiger partial charge in [0.2, 0.25) is 5.91 Å². The predicted molar refractivity (Wildman–Crippen MR) is 126 cm³/mol. The summed E-state index contributed by atoms with van der Waals surface area (Å²) < 4.78 is 27.6. The summed E-state index contributed by atoms with van der Waals surface area (Å²) in [5.74, 6) is -0.470. The maximum atomic E-state index is 14.2. The lowest BCUT2D eigenvalue weighted by Crippen LogP contribution is -2.57. The second-order valence-corrected chi connectivity index (χ2v) is 9.64. The first-order valence-corrected chi connectivity index (χ1v) is 12.2. The largest absolute Gasteiger partial charge is 0.338 e. The van der Waals surface area contributed by atoms with Crippen LogP contribution in [0.25, 0.3) is 0 Å². The third-order valence-corrected chi connectivity index (χ3v) is 7.17. The van der Waals surface area contributed by atoms with Crippen LogP contribution in [-0.4, -0.2) is 47.9 Å². The van der Waals surface area contributed by atoms with Gasteiger partial charge in [-0.1, -0.05) is 49.2 Å². The van der Waals surface area contributed by atoms with Crippen LogP contribution >= 0.6 is 0 Å². The van der Waals surface area contributed by atoms with Gasteiger partial charge in [0.05, 0.1) is 6.04 Å². The fourth-order valence-electron chi connectivity index (χ4n) is 5.50. The maximum absolute atomic E-state index is 14.2. The first-order chi connectivity index (χ1) is 16.0. The molecule has 2 aromatic rings. The average molecular weight is 456 g/mol. The highest BCUT2D eigenvalue weighted by Crippen LogP contribution is 2.35. The molecule has 33 heavy (non-hydrogen) atoms. The van der Waals surface area contributed by atoms with E-state index in [9.17, 15) is 13.6 Å². The second-order valence-electron chi connectivity index (χ2n) is 9.64. The minimum atomic E-state index is -0.594. The number of likely N-dealkylation sites (N-methyl/N-ethyl adjacent to an activating group) is 1. The van der Waals surface area contributed by atoms with Gasteiger partial charge in [-0.15, -0.1) is 0 Å². The monoisotopic (exact) mass is 455 g/mol. The van der Waals surface area contributed by atoms with Crippen LogP contribution in [0.3, 0.4) is 0 Å². The van der Waals surface area contributed by atoms with E-state index in [-0.39, 0.29) is 12.5 Å². The number of benzene rings is 2. The fraction of sp³-hybridized carbons (Fsp3) is 0.519. The van der Waals surface area contributed by atoms with Gasteiger partial charge in [0, 0.05) is 43.9 Å². The van der Waals surface area contributed by atoms with Gasteiger partial charge in [-0.2, -0.15) is 0 Å². The Morgan fingerprint density at radius 3 is 2.64 bits per heavy atom. The van der Waals surface area contributed by atoms with Crippen LogP contribution in [0.2, 0.25) is 0 Å². The predicted octanol–water partition coefficient (Wildman–Crippen LogP) is 4.74. The van der Waals surface area contributed by atoms with E-state index in [0.717, 1.165) is 32.0 Å². The van der Waals surface area contributed by atoms with Crippen molar-refractivity contribution in [2.24, 2.45) is 5.92 Å². The number of piperidine rings is 1. The van der Waals surface area contributed by atoms with E-state index in [4.69, 9.17) is 0 Å². The van der Waals surface area contributed by atoms with Crippen LogP contribution in [0, 0.1) is 17.6 Å². The van der Waals surface area contributed by atoms with Crippen LogP contribution in [-0.2, 0) is 17.9 Å². The molecule has 2 fully saturated rings. The molecule has 2 aliphatic rings. The lowest BCUT2D eigenvalue weighted by molar-refractivity contribution is -0.140. The summed E-state index contributed by atoms with van der Waals surface area (Å²) in [5.41, 5.74) is 1.55. The Morgan fingerprint density at radius 2 is 1.85 bits per heavy atom. The van der Waals surface area contributed by atoms with E-state index in [2.05, 4.69) is 27.2 Å². The fourth-order valence-corrected chi connectivity index (χ4v) is 5.50. The van der Waals surface area contributed by atoms with Crippen molar-refractivity contribution < 1.29 is 13.6 Å². The third-order valence-electron chi connectivity index (χ3n) is 7.17. The number of halogens is 2. The van der Waals surface area contributed by atoms with E-state index >= 15 is 0 Å². The molecule has 1 saturated carbocycles. The highest BCUT2D eigenvalue weighted by Gasteiger charge is 2.38. The topological polar surface area (TPSA) is 35.6 Å². The highest BCUT2D eigenvalue weighted by molar-refractivity contribution is 5.82. The summed E-state index contributed by atoms with van der Waals surface area (Å²) in [4.78, 5) is 18.0. The third kappa shape index (κ3) is 6.18. The molecule has 0 unspecified atom stereocenters. The maximum Gasteiger partial charge on any atom is 0.241 e. The quantitative estimate of drug-likeness (QED) is 0.625.